The van der Waals surface area contributed by atoms with Crippen LogP contribution in [-0.2, 0) is 20.0 Å². The Bertz CT molecular complexity index is 1200. The normalized spacial score (nSPS) is 32.1. The molecule has 202 valence electrons. The fourth-order valence-electron chi connectivity index (χ4n) is 5.54. The molecule has 3 aliphatic rings. The molecule has 1 saturated carbocycles. The number of aliphatic hydroxyl groups excluding tert-OH is 1. The van der Waals surface area contributed by atoms with E-state index in [2.05, 4.69) is 0 Å². The van der Waals surface area contributed by atoms with Crippen molar-refractivity contribution in [2.45, 2.75) is 30.3 Å². The Morgan fingerprint density at radius 3 is 2.11 bits per heavy atom. The Morgan fingerprint density at radius 1 is 1.08 bits per heavy atom. The predicted molar refractivity (Wildman–Crippen MR) is 132 cm³/mol. The van der Waals surface area contributed by atoms with Gasteiger partial charge in [-0.15, -0.1) is 43.0 Å². The van der Waals surface area contributed by atoms with Gasteiger partial charge in [0.1, 0.15) is 5.60 Å². The second-order valence-electron chi connectivity index (χ2n) is 9.00. The van der Waals surface area contributed by atoms with Crippen molar-refractivity contribution in [3.63, 3.8) is 0 Å². The number of amides is 1. The molecule has 1 fully saturated rings. The first-order chi connectivity index (χ1) is 15.2. The summed E-state index contributed by atoms with van der Waals surface area (Å²) in [7, 11) is 2.72. The number of halogens is 3. The number of nitrogens with two attached hydrogens (primary N) is 1. The Hall–Kier alpha value is -1.56. The summed E-state index contributed by atoms with van der Waals surface area (Å²) >= 11 is 0. The van der Waals surface area contributed by atoms with Crippen LogP contribution in [0.5, 0.6) is 5.75 Å². The maximum absolute atomic E-state index is 13.6. The minimum atomic E-state index is -3.19. The van der Waals surface area contributed by atoms with Crippen LogP contribution in [0.2, 0.25) is 0 Å². The molecule has 3 aliphatic carbocycles. The van der Waals surface area contributed by atoms with Crippen LogP contribution in [0.4, 0.5) is 0 Å². The molecule has 2 radical (unpaired) electrons. The maximum atomic E-state index is 13.6. The topological polar surface area (TPSA) is 210 Å². The molecular formula is C22H24Cl3N2O9Sb. The van der Waals surface area contributed by atoms with Crippen LogP contribution in [0.1, 0.15) is 18.1 Å². The Balaban J connectivity index is 0.00000324. The molecule has 1 aromatic rings. The summed E-state index contributed by atoms with van der Waals surface area (Å²) in [5.74, 6) is -11.2. The van der Waals surface area contributed by atoms with Gasteiger partial charge in [-0.05, 0) is 32.1 Å². The van der Waals surface area contributed by atoms with E-state index < -0.39 is 86.6 Å². The molecule has 0 heterocycles. The van der Waals surface area contributed by atoms with Gasteiger partial charge in [-0.25, -0.2) is 0 Å². The van der Waals surface area contributed by atoms with E-state index in [0.717, 1.165) is 6.07 Å². The van der Waals surface area contributed by atoms with E-state index in [9.17, 15) is 45.0 Å². The Labute approximate surface area is 247 Å². The standard InChI is InChI=1S/C22H24N2O9.3ClH.Sb/c1-21(32)7-5-4-6-8(25)9(7)15(26)10-12(21)17(28)13-14(24(2)3)16(27)11(20(23)31)19(30)22(13,33)18(10)29;;;;/h4-6,12-14,17,25-26,28,30,32-33H,1-3H3,(H2,23,31);3*1H;/q;;;;+3/p-3. The van der Waals surface area contributed by atoms with Gasteiger partial charge in [-0.1, -0.05) is 29.7 Å². The summed E-state index contributed by atoms with van der Waals surface area (Å²) in [4.78, 5) is 39.7. The summed E-state index contributed by atoms with van der Waals surface area (Å²) in [5.41, 5.74) is -2.83. The zero-order chi connectivity index (χ0) is 24.8. The second kappa shape index (κ2) is 11.3. The van der Waals surface area contributed by atoms with Gasteiger partial charge in [-0.3, -0.25) is 19.3 Å². The van der Waals surface area contributed by atoms with E-state index in [-0.39, 0.29) is 67.2 Å². The number of ketones is 2. The molecule has 37 heavy (non-hydrogen) atoms. The molecule has 0 aromatic heterocycles. The van der Waals surface area contributed by atoms with Crippen molar-refractivity contribution in [3.05, 3.63) is 46.2 Å². The molecule has 11 nitrogen and oxygen atoms in total. The van der Waals surface area contributed by atoms with E-state index in [1.807, 2.05) is 0 Å². The van der Waals surface area contributed by atoms with Crippen molar-refractivity contribution in [2.75, 3.05) is 14.1 Å². The molecule has 15 heteroatoms. The van der Waals surface area contributed by atoms with Gasteiger partial charge in [0.05, 0.1) is 23.3 Å². The molecule has 1 amide bonds. The number of carbonyl (C=O) groups excluding carboxylic acids is 3. The molecule has 0 spiro atoms. The Kier molecular flexibility index (Phi) is 10.8. The van der Waals surface area contributed by atoms with Crippen LogP contribution in [0.15, 0.2) is 35.1 Å². The van der Waals surface area contributed by atoms with Gasteiger partial charge in [0.25, 0.3) is 5.91 Å². The minimum Gasteiger partial charge on any atom is -0.873 e. The van der Waals surface area contributed by atoms with Crippen LogP contribution >= 0.6 is 37.2 Å². The summed E-state index contributed by atoms with van der Waals surface area (Å²) in [6, 6.07) is 2.07. The van der Waals surface area contributed by atoms with Crippen LogP contribution in [0.3, 0.4) is 0 Å². The number of hydrogen-bond acceptors (Lipinski definition) is 10. The second-order valence-corrected chi connectivity index (χ2v) is 9.00. The summed E-state index contributed by atoms with van der Waals surface area (Å²) in [6.45, 7) is 1.18. The van der Waals surface area contributed by atoms with Crippen LogP contribution in [0, 0.1) is 11.8 Å². The van der Waals surface area contributed by atoms with E-state index >= 15 is 0 Å². The van der Waals surface area contributed by atoms with Gasteiger partial charge in [0, 0.05) is 17.4 Å². The summed E-state index contributed by atoms with van der Waals surface area (Å²) < 4.78 is 0. The SMILES string of the molecule is CN(C)C1C(=O)C(C(N)=O)=C([O-])C2(O)C(=O)C3=C([O-])c4c([O-])cccc4C(C)(O)C3C(O)C12.Cl.Cl.Cl.[Sb+3]. The van der Waals surface area contributed by atoms with E-state index in [4.69, 9.17) is 5.73 Å². The summed E-state index contributed by atoms with van der Waals surface area (Å²) in [6.07, 6.45) is -1.97. The molecule has 0 saturated heterocycles. The molecular weight excluding hydrogens is 664 g/mol. The van der Waals surface area contributed by atoms with Crippen molar-refractivity contribution in [1.82, 2.24) is 4.90 Å². The third-order valence-electron chi connectivity index (χ3n) is 6.97. The average Bonchev–Trinajstić information content (AvgIpc) is 2.70. The third kappa shape index (κ3) is 4.43. The molecule has 5 N–H and O–H groups in total. The fourth-order valence-corrected chi connectivity index (χ4v) is 5.54. The van der Waals surface area contributed by atoms with Crippen molar-refractivity contribution in [1.29, 1.82) is 0 Å². The number of Topliss-reactive ketones (excluding diaryl/α,β-unsaturated/α-hetero) is 2. The van der Waals surface area contributed by atoms with E-state index in [1.54, 1.807) is 0 Å². The number of rotatable bonds is 2. The zero-order valence-electron chi connectivity index (χ0n) is 19.5. The van der Waals surface area contributed by atoms with Gasteiger partial charge in [-0.2, -0.15) is 0 Å². The number of primary amides is 1. The molecule has 1 aromatic carbocycles. The molecule has 6 atom stereocenters. The van der Waals surface area contributed by atoms with E-state index in [0.29, 0.717) is 0 Å². The monoisotopic (exact) mass is 686 g/mol. The fraction of sp³-hybridized carbons (Fsp3) is 0.409. The first-order valence-electron chi connectivity index (χ1n) is 10.0. The van der Waals surface area contributed by atoms with E-state index in [1.165, 1.54) is 38.1 Å². The van der Waals surface area contributed by atoms with Gasteiger partial charge >= 0.3 is 24.4 Å². The Morgan fingerprint density at radius 2 is 1.62 bits per heavy atom. The molecule has 6 unspecified atom stereocenters. The number of fused-ring (bicyclic) bond motifs is 3. The van der Waals surface area contributed by atoms with Crippen LogP contribution in [0.25, 0.3) is 5.76 Å². The van der Waals surface area contributed by atoms with Crippen molar-refractivity contribution < 1.29 is 45.0 Å². The number of carbonyl (C=O) groups is 3. The zero-order valence-corrected chi connectivity index (χ0v) is 24.5. The molecule has 0 aliphatic heterocycles. The predicted octanol–water partition coefficient (Wildman–Crippen LogP) is -3.54. The largest absolute Gasteiger partial charge is 3.00 e. The third-order valence-corrected chi connectivity index (χ3v) is 6.97. The minimum absolute atomic E-state index is 0. The number of likely N-dealkylation sites (N-methyl/N-ethyl adjacent to an activating group) is 1. The van der Waals surface area contributed by atoms with Crippen LogP contribution < -0.4 is 21.1 Å². The number of aliphatic hydroxyl groups is 3. The van der Waals surface area contributed by atoms with Crippen molar-refractivity contribution >= 4 is 84.9 Å². The van der Waals surface area contributed by atoms with Gasteiger partial charge < -0.3 is 36.4 Å². The van der Waals surface area contributed by atoms with Crippen LogP contribution in [-0.4, -0.2) is 94.0 Å². The number of hydrogen-bond donors (Lipinski definition) is 4. The maximum Gasteiger partial charge on any atom is 3.00 e. The molecule has 4 rings (SSSR count). The first-order valence-corrected chi connectivity index (χ1v) is 10.0. The summed E-state index contributed by atoms with van der Waals surface area (Å²) in [5, 5.41) is 72.9. The number of benzene rings is 1. The first kappa shape index (κ1) is 35.4. The average molecular weight is 689 g/mol. The van der Waals surface area contributed by atoms with Crippen molar-refractivity contribution in [2.24, 2.45) is 17.6 Å². The van der Waals surface area contributed by atoms with Gasteiger partial charge in [0.15, 0.2) is 11.6 Å². The van der Waals surface area contributed by atoms with Gasteiger partial charge in [0.2, 0.25) is 0 Å². The smallest absolute Gasteiger partial charge is 0.873 e. The molecule has 0 bridgehead atoms. The van der Waals surface area contributed by atoms with Crippen molar-refractivity contribution in [3.8, 4) is 5.75 Å². The number of nitrogens with zero attached hydrogens (tertiary/aromatic N) is 1. The quantitative estimate of drug-likeness (QED) is 0.178.